The fourth-order valence-corrected chi connectivity index (χ4v) is 2.00. The van der Waals surface area contributed by atoms with E-state index in [0.29, 0.717) is 17.1 Å². The summed E-state index contributed by atoms with van der Waals surface area (Å²) < 4.78 is 6.21. The van der Waals surface area contributed by atoms with Gasteiger partial charge < -0.3 is 15.4 Å². The number of carbonyl (C=O) groups excluding carboxylic acids is 2. The number of aromatic nitrogens is 2. The Morgan fingerprint density at radius 1 is 1.21 bits per heavy atom. The van der Waals surface area contributed by atoms with Crippen LogP contribution in [0.4, 0.5) is 11.4 Å². The Morgan fingerprint density at radius 3 is 2.58 bits per heavy atom. The minimum absolute atomic E-state index is 0.253. The van der Waals surface area contributed by atoms with Crippen molar-refractivity contribution in [3.8, 4) is 5.75 Å². The zero-order chi connectivity index (χ0) is 17.7. The normalized spacial score (nSPS) is 10.1. The highest BCUT2D eigenvalue weighted by molar-refractivity contribution is 5.94. The van der Waals surface area contributed by atoms with Gasteiger partial charge in [-0.15, -0.1) is 0 Å². The van der Waals surface area contributed by atoms with E-state index in [1.165, 1.54) is 26.3 Å². The molecule has 2 rings (SSSR count). The number of hydrogen-bond donors (Lipinski definition) is 3. The van der Waals surface area contributed by atoms with Crippen molar-refractivity contribution in [2.24, 2.45) is 0 Å². The van der Waals surface area contributed by atoms with Gasteiger partial charge in [-0.2, -0.15) is 0 Å². The predicted octanol–water partition coefficient (Wildman–Crippen LogP) is 0.142. The molecule has 1 heterocycles. The Balaban J connectivity index is 2.19. The lowest BCUT2D eigenvalue weighted by Gasteiger charge is -2.12. The maximum atomic E-state index is 12.1. The molecule has 0 radical (unpaired) electrons. The largest absolute Gasteiger partial charge is 0.495 e. The number of ether oxygens (including phenoxy) is 1. The van der Waals surface area contributed by atoms with Gasteiger partial charge in [0.1, 0.15) is 12.3 Å². The van der Waals surface area contributed by atoms with Crippen LogP contribution in [0.2, 0.25) is 0 Å². The number of nitrogens with one attached hydrogen (secondary N) is 3. The fourth-order valence-electron chi connectivity index (χ4n) is 2.00. The zero-order valence-corrected chi connectivity index (χ0v) is 13.1. The molecule has 2 amide bonds. The molecular formula is C15H16N4O5. The summed E-state index contributed by atoms with van der Waals surface area (Å²) in [5.74, 6) is -0.356. The quantitative estimate of drug-likeness (QED) is 0.719. The van der Waals surface area contributed by atoms with Crippen LogP contribution in [-0.4, -0.2) is 28.5 Å². The highest BCUT2D eigenvalue weighted by atomic mass is 16.5. The Labute approximate surface area is 136 Å². The number of carbonyl (C=O) groups is 2. The average molecular weight is 332 g/mol. The Hall–Kier alpha value is -3.36. The topological polar surface area (TPSA) is 122 Å². The molecule has 0 bridgehead atoms. The third kappa shape index (κ3) is 4.32. The second-order valence-corrected chi connectivity index (χ2v) is 4.88. The second kappa shape index (κ2) is 7.27. The monoisotopic (exact) mass is 332 g/mol. The molecule has 9 heteroatoms. The van der Waals surface area contributed by atoms with E-state index >= 15 is 0 Å². The van der Waals surface area contributed by atoms with Crippen molar-refractivity contribution in [1.82, 2.24) is 9.55 Å². The molecular weight excluding hydrogens is 316 g/mol. The Kier molecular flexibility index (Phi) is 5.15. The lowest BCUT2D eigenvalue weighted by molar-refractivity contribution is -0.117. The fraction of sp³-hybridized carbons (Fsp3) is 0.200. The summed E-state index contributed by atoms with van der Waals surface area (Å²) in [7, 11) is 1.44. The molecule has 0 spiro atoms. The van der Waals surface area contributed by atoms with E-state index < -0.39 is 17.2 Å². The molecule has 0 atom stereocenters. The van der Waals surface area contributed by atoms with Gasteiger partial charge in [-0.1, -0.05) is 0 Å². The molecule has 0 saturated carbocycles. The number of rotatable bonds is 5. The van der Waals surface area contributed by atoms with E-state index in [0.717, 1.165) is 10.6 Å². The molecule has 1 aromatic carbocycles. The van der Waals surface area contributed by atoms with E-state index in [2.05, 4.69) is 15.6 Å². The van der Waals surface area contributed by atoms with Crippen LogP contribution >= 0.6 is 0 Å². The molecule has 24 heavy (non-hydrogen) atoms. The molecule has 9 nitrogen and oxygen atoms in total. The smallest absolute Gasteiger partial charge is 0.328 e. The summed E-state index contributed by atoms with van der Waals surface area (Å²) in [5, 5.41) is 5.19. The Bertz CT molecular complexity index is 884. The van der Waals surface area contributed by atoms with E-state index in [-0.39, 0.29) is 12.5 Å². The van der Waals surface area contributed by atoms with Crippen LogP contribution in [0.5, 0.6) is 5.75 Å². The highest BCUT2D eigenvalue weighted by Crippen LogP contribution is 2.27. The second-order valence-electron chi connectivity index (χ2n) is 4.88. The number of H-pyrrole nitrogens is 1. The zero-order valence-electron chi connectivity index (χ0n) is 13.1. The molecule has 3 N–H and O–H groups in total. The van der Waals surface area contributed by atoms with Crippen LogP contribution in [0.15, 0.2) is 40.1 Å². The molecule has 0 aliphatic carbocycles. The first kappa shape index (κ1) is 17.0. The van der Waals surface area contributed by atoms with Gasteiger partial charge in [-0.25, -0.2) is 4.79 Å². The maximum absolute atomic E-state index is 12.1. The minimum Gasteiger partial charge on any atom is -0.495 e. The van der Waals surface area contributed by atoms with E-state index in [4.69, 9.17) is 4.74 Å². The standard InChI is InChI=1S/C15H16N4O5/c1-9(20)16-10-3-4-12(24-2)11(7-10)17-14(22)8-19-6-5-13(21)18-15(19)23/h3-7H,8H2,1-2H3,(H,16,20)(H,17,22)(H,18,21,23). The van der Waals surface area contributed by atoms with Crippen molar-refractivity contribution >= 4 is 23.2 Å². The predicted molar refractivity (Wildman–Crippen MR) is 87.3 cm³/mol. The van der Waals surface area contributed by atoms with Crippen LogP contribution in [0, 0.1) is 0 Å². The summed E-state index contributed by atoms with van der Waals surface area (Å²) in [6, 6.07) is 5.90. The number of nitrogens with zero attached hydrogens (tertiary/aromatic N) is 1. The van der Waals surface area contributed by atoms with Crippen LogP contribution < -0.4 is 26.6 Å². The number of anilines is 2. The Morgan fingerprint density at radius 2 is 1.96 bits per heavy atom. The van der Waals surface area contributed by atoms with Gasteiger partial charge in [0.2, 0.25) is 11.8 Å². The van der Waals surface area contributed by atoms with Crippen molar-refractivity contribution in [2.45, 2.75) is 13.5 Å². The lowest BCUT2D eigenvalue weighted by atomic mass is 10.2. The van der Waals surface area contributed by atoms with Gasteiger partial charge in [0.25, 0.3) is 5.56 Å². The van der Waals surface area contributed by atoms with Crippen LogP contribution in [0.1, 0.15) is 6.92 Å². The number of aromatic amines is 1. The first-order valence-electron chi connectivity index (χ1n) is 6.94. The highest BCUT2D eigenvalue weighted by Gasteiger charge is 2.10. The first-order valence-corrected chi connectivity index (χ1v) is 6.94. The summed E-state index contributed by atoms with van der Waals surface area (Å²) in [4.78, 5) is 47.9. The summed E-state index contributed by atoms with van der Waals surface area (Å²) in [6.45, 7) is 1.08. The summed E-state index contributed by atoms with van der Waals surface area (Å²) in [6.07, 6.45) is 1.23. The van der Waals surface area contributed by atoms with Crippen molar-refractivity contribution < 1.29 is 14.3 Å². The minimum atomic E-state index is -0.684. The number of hydrogen-bond acceptors (Lipinski definition) is 5. The number of methoxy groups -OCH3 is 1. The maximum Gasteiger partial charge on any atom is 0.328 e. The molecule has 1 aromatic heterocycles. The molecule has 0 saturated heterocycles. The average Bonchev–Trinajstić information content (AvgIpc) is 2.50. The molecule has 0 aliphatic heterocycles. The molecule has 126 valence electrons. The molecule has 2 aromatic rings. The van der Waals surface area contributed by atoms with Crippen LogP contribution in [0.25, 0.3) is 0 Å². The van der Waals surface area contributed by atoms with E-state index in [1.54, 1.807) is 12.1 Å². The first-order chi connectivity index (χ1) is 11.4. The van der Waals surface area contributed by atoms with Crippen LogP contribution in [-0.2, 0) is 16.1 Å². The summed E-state index contributed by atoms with van der Waals surface area (Å²) >= 11 is 0. The van der Waals surface area contributed by atoms with Crippen molar-refractivity contribution in [2.75, 3.05) is 17.7 Å². The SMILES string of the molecule is COc1ccc(NC(C)=O)cc1NC(=O)Cn1ccc(=O)[nH]c1=O. The molecule has 0 fully saturated rings. The third-order valence-corrected chi connectivity index (χ3v) is 3.00. The van der Waals surface area contributed by atoms with Crippen molar-refractivity contribution in [3.63, 3.8) is 0 Å². The third-order valence-electron chi connectivity index (χ3n) is 3.00. The molecule has 0 aliphatic rings. The summed E-state index contributed by atoms with van der Waals surface area (Å²) in [5.41, 5.74) is -0.399. The van der Waals surface area contributed by atoms with Gasteiger partial charge in [-0.3, -0.25) is 23.9 Å². The van der Waals surface area contributed by atoms with Gasteiger partial charge in [0.15, 0.2) is 0 Å². The van der Waals surface area contributed by atoms with E-state index in [9.17, 15) is 19.2 Å². The lowest BCUT2D eigenvalue weighted by Crippen LogP contribution is -2.32. The van der Waals surface area contributed by atoms with Crippen LogP contribution in [0.3, 0.4) is 0 Å². The van der Waals surface area contributed by atoms with Gasteiger partial charge in [-0.05, 0) is 18.2 Å². The molecule has 0 unspecified atom stereocenters. The van der Waals surface area contributed by atoms with Crippen molar-refractivity contribution in [3.05, 3.63) is 51.3 Å². The number of amides is 2. The van der Waals surface area contributed by atoms with E-state index in [1.807, 2.05) is 0 Å². The van der Waals surface area contributed by atoms with Gasteiger partial charge in [0.05, 0.1) is 12.8 Å². The number of benzene rings is 1. The van der Waals surface area contributed by atoms with Gasteiger partial charge in [0, 0.05) is 24.9 Å². The van der Waals surface area contributed by atoms with Gasteiger partial charge >= 0.3 is 5.69 Å². The van der Waals surface area contributed by atoms with Crippen molar-refractivity contribution in [1.29, 1.82) is 0 Å².